The quantitative estimate of drug-likeness (QED) is 0.442. The minimum absolute atomic E-state index is 0.368. The highest BCUT2D eigenvalue weighted by Crippen LogP contribution is 2.36. The minimum Gasteiger partial charge on any atom is -0.496 e. The molecule has 1 aliphatic heterocycles. The Hall–Kier alpha value is -4.13. The fourth-order valence-corrected chi connectivity index (χ4v) is 4.01. The molecule has 1 saturated heterocycles. The third kappa shape index (κ3) is 3.02. The number of methoxy groups -OCH3 is 1. The topological polar surface area (TPSA) is 96.1 Å². The number of aromatic amines is 1. The molecule has 0 saturated carbocycles. The molecule has 1 unspecified atom stereocenters. The first kappa shape index (κ1) is 18.9. The van der Waals surface area contributed by atoms with Crippen LogP contribution in [0, 0.1) is 0 Å². The molecular formula is C24H20N4O3. The van der Waals surface area contributed by atoms with Gasteiger partial charge < -0.3 is 15.0 Å². The monoisotopic (exact) mass is 412 g/mol. The summed E-state index contributed by atoms with van der Waals surface area (Å²) in [5.41, 5.74) is 4.13. The first-order valence-corrected chi connectivity index (χ1v) is 9.84. The van der Waals surface area contributed by atoms with Gasteiger partial charge in [0.1, 0.15) is 16.9 Å². The number of hydrogen-bond acceptors (Lipinski definition) is 4. The molecule has 154 valence electrons. The normalized spacial score (nSPS) is 18.1. The molecule has 1 fully saturated rings. The number of rotatable bonds is 4. The third-order valence-electron chi connectivity index (χ3n) is 5.75. The Morgan fingerprint density at radius 1 is 0.968 bits per heavy atom. The predicted octanol–water partition coefficient (Wildman–Crippen LogP) is 3.96. The minimum atomic E-state index is -1.11. The number of amides is 3. The number of ether oxygens (including phenoxy) is 1. The molecule has 2 aromatic heterocycles. The Labute approximate surface area is 178 Å². The number of carbonyl (C=O) groups is 2. The van der Waals surface area contributed by atoms with Gasteiger partial charge in [-0.15, -0.1) is 0 Å². The molecule has 0 spiro atoms. The summed E-state index contributed by atoms with van der Waals surface area (Å²) < 4.78 is 5.53. The van der Waals surface area contributed by atoms with Gasteiger partial charge in [0, 0.05) is 34.5 Å². The summed E-state index contributed by atoms with van der Waals surface area (Å²) in [4.78, 5) is 31.8. The fourth-order valence-electron chi connectivity index (χ4n) is 4.01. The van der Waals surface area contributed by atoms with Gasteiger partial charge in [-0.1, -0.05) is 36.4 Å². The second kappa shape index (κ2) is 6.98. The Kier molecular flexibility index (Phi) is 4.25. The van der Waals surface area contributed by atoms with Gasteiger partial charge in [0.05, 0.1) is 7.11 Å². The number of nitrogens with zero attached hydrogens (tertiary/aromatic N) is 1. The van der Waals surface area contributed by atoms with Crippen LogP contribution in [0.3, 0.4) is 0 Å². The van der Waals surface area contributed by atoms with Crippen LogP contribution in [0.1, 0.15) is 12.5 Å². The summed E-state index contributed by atoms with van der Waals surface area (Å²) in [6, 6.07) is 17.0. The number of fused-ring (bicyclic) bond motifs is 1. The number of imide groups is 1. The molecule has 4 aromatic rings. The average molecular weight is 412 g/mol. The maximum atomic E-state index is 12.3. The zero-order chi connectivity index (χ0) is 21.6. The van der Waals surface area contributed by atoms with Crippen LogP contribution in [0.5, 0.6) is 5.75 Å². The van der Waals surface area contributed by atoms with Crippen molar-refractivity contribution in [1.82, 2.24) is 20.6 Å². The van der Waals surface area contributed by atoms with E-state index < -0.39 is 11.6 Å². The van der Waals surface area contributed by atoms with Crippen LogP contribution in [0.15, 0.2) is 67.0 Å². The molecule has 7 heteroatoms. The maximum Gasteiger partial charge on any atom is 0.322 e. The molecule has 2 aromatic carbocycles. The van der Waals surface area contributed by atoms with Gasteiger partial charge in [0.15, 0.2) is 0 Å². The molecular weight excluding hydrogens is 392 g/mol. The first-order valence-electron chi connectivity index (χ1n) is 9.84. The van der Waals surface area contributed by atoms with E-state index in [1.807, 2.05) is 54.7 Å². The second-order valence-electron chi connectivity index (χ2n) is 7.64. The van der Waals surface area contributed by atoms with Gasteiger partial charge in [0.25, 0.3) is 5.91 Å². The van der Waals surface area contributed by atoms with Gasteiger partial charge in [-0.05, 0) is 36.2 Å². The highest BCUT2D eigenvalue weighted by Gasteiger charge is 2.43. The summed E-state index contributed by atoms with van der Waals surface area (Å²) >= 11 is 0. The molecule has 1 atom stereocenters. The number of benzene rings is 2. The second-order valence-corrected chi connectivity index (χ2v) is 7.64. The standard InChI is InChI=1S/C24H20N4O3/c1-24(22(29)27-23(30)28-24)16-7-5-6-14(10-16)15-11-18-19(13-26-21(18)25-12-15)17-8-3-4-9-20(17)31-2/h3-13H,1-2H3,(H,25,26)(H2,27,28,29,30). The van der Waals surface area contributed by atoms with Crippen LogP contribution in [0.2, 0.25) is 0 Å². The SMILES string of the molecule is COc1ccccc1-c1c[nH]c2ncc(-c3cccc(C4(C)NC(=O)NC4=O)c3)cc12. The smallest absolute Gasteiger partial charge is 0.322 e. The summed E-state index contributed by atoms with van der Waals surface area (Å²) in [5, 5.41) is 5.98. The zero-order valence-electron chi connectivity index (χ0n) is 17.0. The van der Waals surface area contributed by atoms with Crippen LogP contribution < -0.4 is 15.4 Å². The zero-order valence-corrected chi connectivity index (χ0v) is 17.0. The molecule has 3 N–H and O–H groups in total. The summed E-state index contributed by atoms with van der Waals surface area (Å²) in [5.74, 6) is 0.416. The van der Waals surface area contributed by atoms with E-state index in [4.69, 9.17) is 4.74 Å². The van der Waals surface area contributed by atoms with Crippen LogP contribution in [0.4, 0.5) is 4.79 Å². The molecule has 0 radical (unpaired) electrons. The Morgan fingerprint density at radius 2 is 1.81 bits per heavy atom. The van der Waals surface area contributed by atoms with Crippen molar-refractivity contribution in [3.8, 4) is 28.0 Å². The maximum absolute atomic E-state index is 12.3. The Balaban J connectivity index is 1.61. The number of carbonyl (C=O) groups excluding carboxylic acids is 2. The number of urea groups is 1. The van der Waals surface area contributed by atoms with Crippen molar-refractivity contribution < 1.29 is 14.3 Å². The number of nitrogens with one attached hydrogen (secondary N) is 3. The molecule has 5 rings (SSSR count). The Bertz CT molecular complexity index is 1340. The van der Waals surface area contributed by atoms with Gasteiger partial charge in [0.2, 0.25) is 0 Å². The van der Waals surface area contributed by atoms with Crippen molar-refractivity contribution in [3.63, 3.8) is 0 Å². The third-order valence-corrected chi connectivity index (χ3v) is 5.75. The van der Waals surface area contributed by atoms with Crippen LogP contribution in [-0.4, -0.2) is 29.0 Å². The van der Waals surface area contributed by atoms with E-state index in [1.54, 1.807) is 20.2 Å². The number of H-pyrrole nitrogens is 1. The summed E-state index contributed by atoms with van der Waals surface area (Å²) in [6.45, 7) is 1.69. The number of para-hydroxylation sites is 1. The number of hydrogen-bond donors (Lipinski definition) is 3. The Morgan fingerprint density at radius 3 is 2.58 bits per heavy atom. The highest BCUT2D eigenvalue weighted by molar-refractivity contribution is 6.07. The average Bonchev–Trinajstić information content (AvgIpc) is 3.33. The first-order chi connectivity index (χ1) is 15.0. The molecule has 1 aliphatic rings. The lowest BCUT2D eigenvalue weighted by molar-refractivity contribution is -0.123. The molecule has 0 aliphatic carbocycles. The lowest BCUT2D eigenvalue weighted by Gasteiger charge is -2.21. The molecule has 3 heterocycles. The van der Waals surface area contributed by atoms with E-state index in [1.165, 1.54) is 0 Å². The molecule has 0 bridgehead atoms. The van der Waals surface area contributed by atoms with Crippen LogP contribution in [-0.2, 0) is 10.3 Å². The summed E-state index contributed by atoms with van der Waals surface area (Å²) in [7, 11) is 1.65. The lowest BCUT2D eigenvalue weighted by atomic mass is 9.90. The van der Waals surface area contributed by atoms with Gasteiger partial charge in [-0.2, -0.15) is 0 Å². The van der Waals surface area contributed by atoms with Crippen molar-refractivity contribution in [2.45, 2.75) is 12.5 Å². The van der Waals surface area contributed by atoms with Crippen LogP contribution >= 0.6 is 0 Å². The largest absolute Gasteiger partial charge is 0.496 e. The van der Waals surface area contributed by atoms with E-state index in [-0.39, 0.29) is 5.91 Å². The lowest BCUT2D eigenvalue weighted by Crippen LogP contribution is -2.40. The van der Waals surface area contributed by atoms with Crippen molar-refractivity contribution >= 4 is 23.0 Å². The number of pyridine rings is 1. The highest BCUT2D eigenvalue weighted by atomic mass is 16.5. The van der Waals surface area contributed by atoms with E-state index in [2.05, 4.69) is 26.7 Å². The van der Waals surface area contributed by atoms with Gasteiger partial charge >= 0.3 is 6.03 Å². The van der Waals surface area contributed by atoms with Crippen molar-refractivity contribution in [3.05, 3.63) is 72.6 Å². The van der Waals surface area contributed by atoms with Crippen LogP contribution in [0.25, 0.3) is 33.3 Å². The van der Waals surface area contributed by atoms with E-state index in [0.717, 1.165) is 39.0 Å². The number of aromatic nitrogens is 2. The fraction of sp³-hybridized carbons (Fsp3) is 0.125. The van der Waals surface area contributed by atoms with E-state index >= 15 is 0 Å². The van der Waals surface area contributed by atoms with Gasteiger partial charge in [-0.25, -0.2) is 9.78 Å². The van der Waals surface area contributed by atoms with Gasteiger partial charge in [-0.3, -0.25) is 10.1 Å². The van der Waals surface area contributed by atoms with Crippen molar-refractivity contribution in [1.29, 1.82) is 0 Å². The summed E-state index contributed by atoms with van der Waals surface area (Å²) in [6.07, 6.45) is 3.72. The van der Waals surface area contributed by atoms with E-state index in [0.29, 0.717) is 5.56 Å². The molecule has 3 amide bonds. The van der Waals surface area contributed by atoms with Crippen molar-refractivity contribution in [2.24, 2.45) is 0 Å². The predicted molar refractivity (Wildman–Crippen MR) is 118 cm³/mol. The van der Waals surface area contributed by atoms with Crippen molar-refractivity contribution in [2.75, 3.05) is 7.11 Å². The van der Waals surface area contributed by atoms with E-state index in [9.17, 15) is 9.59 Å². The molecule has 7 nitrogen and oxygen atoms in total. The molecule has 31 heavy (non-hydrogen) atoms.